The molecule has 0 radical (unpaired) electrons. The molecule has 2 N–H and O–H groups in total. The number of carbonyl (C=O) groups is 3. The molecule has 0 unspecified atom stereocenters. The van der Waals surface area contributed by atoms with Crippen LogP contribution < -0.4 is 10.9 Å². The topological polar surface area (TPSA) is 97.5 Å². The number of hydroxylamine groups is 1. The van der Waals surface area contributed by atoms with Gasteiger partial charge in [0.25, 0.3) is 0 Å². The van der Waals surface area contributed by atoms with E-state index in [-0.39, 0.29) is 37.3 Å². The maximum atomic E-state index is 13.5. The number of hydrazine groups is 1. The van der Waals surface area contributed by atoms with Gasteiger partial charge in [0, 0.05) is 51.4 Å². The molecule has 2 heterocycles. The normalized spacial score (nSPS) is 16.2. The first-order chi connectivity index (χ1) is 18.7. The second kappa shape index (κ2) is 13.0. The molecule has 12 heteroatoms. The van der Waals surface area contributed by atoms with Crippen molar-refractivity contribution in [1.82, 2.24) is 30.6 Å². The van der Waals surface area contributed by atoms with E-state index >= 15 is 0 Å². The van der Waals surface area contributed by atoms with Crippen LogP contribution >= 0.6 is 11.6 Å². The van der Waals surface area contributed by atoms with Gasteiger partial charge in [0.2, 0.25) is 11.8 Å². The van der Waals surface area contributed by atoms with Crippen LogP contribution in [0.25, 0.3) is 6.08 Å². The Morgan fingerprint density at radius 2 is 1.97 bits per heavy atom. The average Bonchev–Trinajstić information content (AvgIpc) is 2.91. The van der Waals surface area contributed by atoms with Gasteiger partial charge in [-0.25, -0.2) is 20.1 Å². The van der Waals surface area contributed by atoms with E-state index in [1.54, 1.807) is 36.4 Å². The summed E-state index contributed by atoms with van der Waals surface area (Å²) in [4.78, 5) is 48.4. The molecule has 4 amide bonds. The molecule has 1 atom stereocenters. The monoisotopic (exact) mass is 558 g/mol. The highest BCUT2D eigenvalue weighted by Crippen LogP contribution is 2.21. The SMILES string of the molecule is CC(=O)N(NCc1ccccc1Cl)[C@H](CONC(=O)N1C=Cc2cc(F)ccc2C1)CN1CCN(C)C(=O)C1. The minimum atomic E-state index is -0.540. The minimum absolute atomic E-state index is 0.00956. The van der Waals surface area contributed by atoms with E-state index in [4.69, 9.17) is 16.4 Å². The number of rotatable bonds is 9. The van der Waals surface area contributed by atoms with Crippen LogP contribution in [-0.2, 0) is 27.5 Å². The third-order valence-corrected chi connectivity index (χ3v) is 7.05. The number of likely N-dealkylation sites (N-methyl/N-ethyl adjacent to an activating group) is 1. The molecule has 0 saturated carbocycles. The zero-order chi connectivity index (χ0) is 27.9. The van der Waals surface area contributed by atoms with Crippen molar-refractivity contribution in [1.29, 1.82) is 0 Å². The predicted octanol–water partition coefficient (Wildman–Crippen LogP) is 2.60. The Balaban J connectivity index is 1.40. The van der Waals surface area contributed by atoms with Crippen molar-refractivity contribution >= 4 is 35.5 Å². The number of nitrogens with one attached hydrogen (secondary N) is 2. The van der Waals surface area contributed by atoms with E-state index in [9.17, 15) is 18.8 Å². The largest absolute Gasteiger partial charge is 0.345 e. The summed E-state index contributed by atoms with van der Waals surface area (Å²) in [6.45, 7) is 3.71. The fraction of sp³-hybridized carbons (Fsp3) is 0.370. The Hall–Kier alpha value is -3.51. The number of benzene rings is 2. The number of fused-ring (bicyclic) bond motifs is 1. The number of halogens is 2. The van der Waals surface area contributed by atoms with E-state index in [0.717, 1.165) is 11.1 Å². The lowest BCUT2D eigenvalue weighted by molar-refractivity contribution is -0.140. The first kappa shape index (κ1) is 28.5. The van der Waals surface area contributed by atoms with Crippen LogP contribution in [0.1, 0.15) is 23.6 Å². The van der Waals surface area contributed by atoms with Gasteiger partial charge in [0.1, 0.15) is 5.82 Å². The number of hydrogen-bond donors (Lipinski definition) is 2. The highest BCUT2D eigenvalue weighted by Gasteiger charge is 2.29. The lowest BCUT2D eigenvalue weighted by Gasteiger charge is -2.38. The van der Waals surface area contributed by atoms with Crippen LogP contribution in [0.4, 0.5) is 9.18 Å². The van der Waals surface area contributed by atoms with E-state index in [2.05, 4.69) is 10.9 Å². The standard InChI is InChI=1S/C27H32ClFN6O4/c1-19(36)35(30-14-21-5-3-4-6-25(21)28)24(16-33-12-11-32(2)26(37)17-33)18-39-31-27(38)34-10-9-20-13-23(29)8-7-22(20)15-34/h3-10,13,24,30H,11-12,14-18H2,1-2H3,(H,31,38)/t24-/m0/s1. The smallest absolute Gasteiger partial charge is 0.343 e. The summed E-state index contributed by atoms with van der Waals surface area (Å²) >= 11 is 6.29. The molecule has 1 fully saturated rings. The molecule has 2 aromatic rings. The Morgan fingerprint density at radius 1 is 1.18 bits per heavy atom. The van der Waals surface area contributed by atoms with Gasteiger partial charge < -0.3 is 4.90 Å². The molecule has 4 rings (SSSR count). The summed E-state index contributed by atoms with van der Waals surface area (Å²) in [6, 6.07) is 10.7. The highest BCUT2D eigenvalue weighted by molar-refractivity contribution is 6.31. The van der Waals surface area contributed by atoms with Crippen LogP contribution in [0.2, 0.25) is 5.02 Å². The molecule has 2 aromatic carbocycles. The van der Waals surface area contributed by atoms with Crippen LogP contribution in [-0.4, -0.2) is 83.4 Å². The molecular weight excluding hydrogens is 527 g/mol. The second-order valence-corrected chi connectivity index (χ2v) is 9.93. The van der Waals surface area contributed by atoms with Crippen molar-refractivity contribution in [3.05, 3.63) is 76.2 Å². The van der Waals surface area contributed by atoms with Crippen molar-refractivity contribution in [2.75, 3.05) is 39.8 Å². The fourth-order valence-corrected chi connectivity index (χ4v) is 4.65. The number of nitrogens with zero attached hydrogens (tertiary/aromatic N) is 4. The van der Waals surface area contributed by atoms with Crippen LogP contribution in [0.15, 0.2) is 48.7 Å². The Morgan fingerprint density at radius 3 is 2.72 bits per heavy atom. The Labute approximate surface area is 231 Å². The minimum Gasteiger partial charge on any atom is -0.343 e. The number of piperazine rings is 1. The molecule has 2 aliphatic rings. The number of urea groups is 1. The first-order valence-electron chi connectivity index (χ1n) is 12.6. The van der Waals surface area contributed by atoms with E-state index < -0.39 is 12.1 Å². The molecule has 2 aliphatic heterocycles. The van der Waals surface area contributed by atoms with Gasteiger partial charge in [-0.2, -0.15) is 0 Å². The number of hydrogen-bond acceptors (Lipinski definition) is 6. The zero-order valence-corrected chi connectivity index (χ0v) is 22.7. The summed E-state index contributed by atoms with van der Waals surface area (Å²) in [7, 11) is 1.76. The quantitative estimate of drug-likeness (QED) is 0.459. The summed E-state index contributed by atoms with van der Waals surface area (Å²) in [5.74, 6) is -0.610. The van der Waals surface area contributed by atoms with Gasteiger partial charge >= 0.3 is 6.03 Å². The van der Waals surface area contributed by atoms with Crippen LogP contribution in [0.5, 0.6) is 0 Å². The van der Waals surface area contributed by atoms with Crippen LogP contribution in [0, 0.1) is 5.82 Å². The van der Waals surface area contributed by atoms with Gasteiger partial charge in [-0.3, -0.25) is 29.2 Å². The lowest BCUT2D eigenvalue weighted by atomic mass is 10.0. The zero-order valence-electron chi connectivity index (χ0n) is 21.9. The van der Waals surface area contributed by atoms with E-state index in [1.165, 1.54) is 29.0 Å². The maximum Gasteiger partial charge on any atom is 0.345 e. The first-order valence-corrected chi connectivity index (χ1v) is 13.0. The number of amides is 4. The molecule has 39 heavy (non-hydrogen) atoms. The lowest BCUT2D eigenvalue weighted by Crippen LogP contribution is -2.58. The van der Waals surface area contributed by atoms with Crippen molar-refractivity contribution < 1.29 is 23.6 Å². The van der Waals surface area contributed by atoms with Gasteiger partial charge in [-0.1, -0.05) is 35.9 Å². The van der Waals surface area contributed by atoms with Crippen LogP contribution in [0.3, 0.4) is 0 Å². The maximum absolute atomic E-state index is 13.5. The average molecular weight is 559 g/mol. The van der Waals surface area contributed by atoms with Gasteiger partial charge in [-0.15, -0.1) is 0 Å². The summed E-state index contributed by atoms with van der Waals surface area (Å²) in [5, 5.41) is 2.02. The Kier molecular flexibility index (Phi) is 9.52. The fourth-order valence-electron chi connectivity index (χ4n) is 4.45. The van der Waals surface area contributed by atoms with Crippen molar-refractivity contribution in [3.63, 3.8) is 0 Å². The third kappa shape index (κ3) is 7.54. The third-order valence-electron chi connectivity index (χ3n) is 6.69. The number of carbonyl (C=O) groups excluding carboxylic acids is 3. The molecule has 0 aliphatic carbocycles. The Bertz CT molecular complexity index is 1240. The molecule has 0 aromatic heterocycles. The molecule has 0 spiro atoms. The molecule has 208 valence electrons. The predicted molar refractivity (Wildman–Crippen MR) is 144 cm³/mol. The second-order valence-electron chi connectivity index (χ2n) is 9.52. The molecule has 0 bridgehead atoms. The van der Waals surface area contributed by atoms with Crippen molar-refractivity contribution in [2.24, 2.45) is 0 Å². The summed E-state index contributed by atoms with van der Waals surface area (Å²) in [5.41, 5.74) is 7.90. The molecule has 10 nitrogen and oxygen atoms in total. The molecule has 1 saturated heterocycles. The van der Waals surface area contributed by atoms with Crippen molar-refractivity contribution in [2.45, 2.75) is 26.1 Å². The summed E-state index contributed by atoms with van der Waals surface area (Å²) < 4.78 is 13.5. The summed E-state index contributed by atoms with van der Waals surface area (Å²) in [6.07, 6.45) is 3.21. The van der Waals surface area contributed by atoms with E-state index in [0.29, 0.717) is 36.8 Å². The van der Waals surface area contributed by atoms with Gasteiger partial charge in [0.05, 0.1) is 25.7 Å². The highest BCUT2D eigenvalue weighted by atomic mass is 35.5. The van der Waals surface area contributed by atoms with Gasteiger partial charge in [-0.05, 0) is 41.0 Å². The van der Waals surface area contributed by atoms with E-state index in [1.807, 2.05) is 23.1 Å². The van der Waals surface area contributed by atoms with Crippen molar-refractivity contribution in [3.8, 4) is 0 Å². The van der Waals surface area contributed by atoms with Gasteiger partial charge in [0.15, 0.2) is 0 Å². The molecular formula is C27H32ClFN6O4.